The first-order valence-corrected chi connectivity index (χ1v) is 8.92. The third kappa shape index (κ3) is 4.55. The van der Waals surface area contributed by atoms with Crippen LogP contribution in [0.4, 0.5) is 5.69 Å². The molecular weight excluding hydrogens is 374 g/mol. The molecule has 0 aliphatic carbocycles. The number of nitrogens with zero attached hydrogens (tertiary/aromatic N) is 2. The van der Waals surface area contributed by atoms with Crippen molar-refractivity contribution in [2.24, 2.45) is 0 Å². The lowest BCUT2D eigenvalue weighted by Crippen LogP contribution is -2.25. The summed E-state index contributed by atoms with van der Waals surface area (Å²) in [6.45, 7) is 2.47. The van der Waals surface area contributed by atoms with E-state index in [1.165, 1.54) is 31.2 Å². The molecule has 8 nitrogen and oxygen atoms in total. The summed E-state index contributed by atoms with van der Waals surface area (Å²) in [5.74, 6) is 1.07. The second-order valence-electron chi connectivity index (χ2n) is 5.92. The lowest BCUT2D eigenvalue weighted by molar-refractivity contribution is 0.101. The quantitative estimate of drug-likeness (QED) is 0.661. The SMILES string of the molecule is CCOc1ccc(-n2ccc(=O)c(C(=O)Nc3ccc(OC)cc3OC)n2)cc1. The smallest absolute Gasteiger partial charge is 0.280 e. The standard InChI is InChI=1S/C21H21N3O5/c1-4-29-15-7-5-14(6-8-15)24-12-11-18(25)20(23-24)21(26)22-17-10-9-16(27-2)13-19(17)28-3/h5-13H,4H2,1-3H3,(H,22,26). The Morgan fingerprint density at radius 3 is 2.41 bits per heavy atom. The van der Waals surface area contributed by atoms with Gasteiger partial charge in [0.2, 0.25) is 5.43 Å². The minimum absolute atomic E-state index is 0.237. The first kappa shape index (κ1) is 19.9. The van der Waals surface area contributed by atoms with Gasteiger partial charge in [0.05, 0.1) is 32.2 Å². The number of nitrogens with one attached hydrogen (secondary N) is 1. The molecule has 8 heteroatoms. The fourth-order valence-corrected chi connectivity index (χ4v) is 2.65. The van der Waals surface area contributed by atoms with Crippen molar-refractivity contribution in [3.8, 4) is 22.9 Å². The zero-order valence-corrected chi connectivity index (χ0v) is 16.3. The Kier molecular flexibility index (Phi) is 6.13. The molecule has 0 fully saturated rings. The second-order valence-corrected chi connectivity index (χ2v) is 5.92. The van der Waals surface area contributed by atoms with Crippen LogP contribution in [0.15, 0.2) is 59.5 Å². The van der Waals surface area contributed by atoms with Gasteiger partial charge in [-0.05, 0) is 43.3 Å². The third-order valence-corrected chi connectivity index (χ3v) is 4.09. The number of rotatable bonds is 7. The topological polar surface area (TPSA) is 91.7 Å². The van der Waals surface area contributed by atoms with Crippen LogP contribution in [0.1, 0.15) is 17.4 Å². The van der Waals surface area contributed by atoms with Gasteiger partial charge in [0.15, 0.2) is 5.69 Å². The molecule has 150 valence electrons. The Morgan fingerprint density at radius 1 is 1.03 bits per heavy atom. The molecule has 2 aromatic carbocycles. The van der Waals surface area contributed by atoms with E-state index in [9.17, 15) is 9.59 Å². The molecule has 0 saturated heterocycles. The summed E-state index contributed by atoms with van der Waals surface area (Å²) in [7, 11) is 3.01. The fraction of sp³-hybridized carbons (Fsp3) is 0.190. The van der Waals surface area contributed by atoms with Crippen molar-refractivity contribution in [2.45, 2.75) is 6.92 Å². The Labute approximate surface area is 167 Å². The van der Waals surface area contributed by atoms with Gasteiger partial charge in [0.1, 0.15) is 17.2 Å². The zero-order valence-electron chi connectivity index (χ0n) is 16.3. The molecular formula is C21H21N3O5. The first-order chi connectivity index (χ1) is 14.0. The number of anilines is 1. The number of benzene rings is 2. The molecule has 0 aliphatic heterocycles. The molecule has 1 heterocycles. The molecule has 0 spiro atoms. The monoisotopic (exact) mass is 395 g/mol. The van der Waals surface area contributed by atoms with E-state index >= 15 is 0 Å². The third-order valence-electron chi connectivity index (χ3n) is 4.09. The normalized spacial score (nSPS) is 10.3. The van der Waals surface area contributed by atoms with Crippen molar-refractivity contribution >= 4 is 11.6 Å². The molecule has 1 amide bonds. The molecule has 1 aromatic heterocycles. The Morgan fingerprint density at radius 2 is 1.76 bits per heavy atom. The highest BCUT2D eigenvalue weighted by Crippen LogP contribution is 2.29. The number of hydrogen-bond donors (Lipinski definition) is 1. The number of carbonyl (C=O) groups is 1. The summed E-state index contributed by atoms with van der Waals surface area (Å²) >= 11 is 0. The summed E-state index contributed by atoms with van der Waals surface area (Å²) in [6.07, 6.45) is 1.50. The molecule has 0 radical (unpaired) electrons. The van der Waals surface area contributed by atoms with Gasteiger partial charge in [-0.3, -0.25) is 9.59 Å². The number of amides is 1. The van der Waals surface area contributed by atoms with Crippen molar-refractivity contribution in [1.82, 2.24) is 9.78 Å². The van der Waals surface area contributed by atoms with Crippen molar-refractivity contribution < 1.29 is 19.0 Å². The van der Waals surface area contributed by atoms with Crippen LogP contribution in [-0.4, -0.2) is 36.5 Å². The van der Waals surface area contributed by atoms with Crippen LogP contribution in [0, 0.1) is 0 Å². The van der Waals surface area contributed by atoms with Crippen molar-refractivity contribution in [2.75, 3.05) is 26.1 Å². The van der Waals surface area contributed by atoms with Gasteiger partial charge < -0.3 is 19.5 Å². The Hall–Kier alpha value is -3.81. The Bertz CT molecular complexity index is 1060. The number of aromatic nitrogens is 2. The maximum atomic E-state index is 12.7. The molecule has 0 atom stereocenters. The summed E-state index contributed by atoms with van der Waals surface area (Å²) in [4.78, 5) is 24.9. The van der Waals surface area contributed by atoms with Crippen LogP contribution in [0.3, 0.4) is 0 Å². The van der Waals surface area contributed by atoms with Crippen LogP contribution >= 0.6 is 0 Å². The predicted molar refractivity (Wildman–Crippen MR) is 109 cm³/mol. The van der Waals surface area contributed by atoms with Crippen LogP contribution in [0.5, 0.6) is 17.2 Å². The van der Waals surface area contributed by atoms with E-state index in [0.29, 0.717) is 29.5 Å². The summed E-state index contributed by atoms with van der Waals surface area (Å²) in [5.41, 5.74) is 0.358. The number of ether oxygens (including phenoxy) is 3. The minimum atomic E-state index is -0.640. The highest BCUT2D eigenvalue weighted by atomic mass is 16.5. The van der Waals surface area contributed by atoms with Gasteiger partial charge in [-0.1, -0.05) is 0 Å². The summed E-state index contributed by atoms with van der Waals surface area (Å²) in [5, 5.41) is 6.85. The van der Waals surface area contributed by atoms with Crippen molar-refractivity contribution in [3.05, 3.63) is 70.6 Å². The highest BCUT2D eigenvalue weighted by Gasteiger charge is 2.16. The van der Waals surface area contributed by atoms with Crippen LogP contribution in [0.2, 0.25) is 0 Å². The van der Waals surface area contributed by atoms with Crippen LogP contribution in [0.25, 0.3) is 5.69 Å². The van der Waals surface area contributed by atoms with Crippen LogP contribution < -0.4 is 25.0 Å². The van der Waals surface area contributed by atoms with E-state index in [1.54, 1.807) is 42.5 Å². The largest absolute Gasteiger partial charge is 0.497 e. The minimum Gasteiger partial charge on any atom is -0.497 e. The number of carbonyl (C=O) groups excluding carboxylic acids is 1. The number of methoxy groups -OCH3 is 2. The lowest BCUT2D eigenvalue weighted by Gasteiger charge is -2.12. The number of hydrogen-bond acceptors (Lipinski definition) is 6. The molecule has 0 bridgehead atoms. The van der Waals surface area contributed by atoms with Gasteiger partial charge in [0.25, 0.3) is 5.91 Å². The summed E-state index contributed by atoms with van der Waals surface area (Å²) < 4.78 is 17.3. The Balaban J connectivity index is 1.88. The van der Waals surface area contributed by atoms with Gasteiger partial charge in [0, 0.05) is 18.3 Å². The van der Waals surface area contributed by atoms with E-state index < -0.39 is 11.3 Å². The van der Waals surface area contributed by atoms with Gasteiger partial charge in [-0.2, -0.15) is 5.10 Å². The lowest BCUT2D eigenvalue weighted by atomic mass is 10.2. The molecule has 0 saturated carbocycles. The second kappa shape index (κ2) is 8.92. The first-order valence-electron chi connectivity index (χ1n) is 8.92. The fourth-order valence-electron chi connectivity index (χ4n) is 2.65. The maximum absolute atomic E-state index is 12.7. The van der Waals surface area contributed by atoms with Crippen molar-refractivity contribution in [1.29, 1.82) is 0 Å². The molecule has 1 N–H and O–H groups in total. The van der Waals surface area contributed by atoms with E-state index in [-0.39, 0.29) is 5.69 Å². The van der Waals surface area contributed by atoms with Gasteiger partial charge >= 0.3 is 0 Å². The average Bonchev–Trinajstić information content (AvgIpc) is 2.75. The molecule has 3 rings (SSSR count). The molecule has 0 aliphatic rings. The van der Waals surface area contributed by atoms with Gasteiger partial charge in [-0.25, -0.2) is 4.68 Å². The molecule has 29 heavy (non-hydrogen) atoms. The van der Waals surface area contributed by atoms with E-state index in [1.807, 2.05) is 6.92 Å². The predicted octanol–water partition coefficient (Wildman–Crippen LogP) is 2.90. The zero-order chi connectivity index (χ0) is 20.8. The average molecular weight is 395 g/mol. The maximum Gasteiger partial charge on any atom is 0.280 e. The highest BCUT2D eigenvalue weighted by molar-refractivity contribution is 6.03. The van der Waals surface area contributed by atoms with E-state index in [4.69, 9.17) is 14.2 Å². The molecule has 0 unspecified atom stereocenters. The van der Waals surface area contributed by atoms with Crippen LogP contribution in [-0.2, 0) is 0 Å². The van der Waals surface area contributed by atoms with E-state index in [0.717, 1.165) is 5.75 Å². The van der Waals surface area contributed by atoms with Gasteiger partial charge in [-0.15, -0.1) is 0 Å². The van der Waals surface area contributed by atoms with Crippen molar-refractivity contribution in [3.63, 3.8) is 0 Å². The summed E-state index contributed by atoms with van der Waals surface area (Å²) in [6, 6.07) is 13.4. The van der Waals surface area contributed by atoms with E-state index in [2.05, 4.69) is 10.4 Å². The molecule has 3 aromatic rings.